The van der Waals surface area contributed by atoms with E-state index in [-0.39, 0.29) is 22.2 Å². The van der Waals surface area contributed by atoms with Crippen LogP contribution in [0.5, 0.6) is 0 Å². The predicted molar refractivity (Wildman–Crippen MR) is 143 cm³/mol. The van der Waals surface area contributed by atoms with Crippen molar-refractivity contribution in [2.24, 2.45) is 5.73 Å². The number of anilines is 1. The molecule has 9 heteroatoms. The molecule has 3 aromatic rings. The summed E-state index contributed by atoms with van der Waals surface area (Å²) in [6.07, 6.45) is 0.701. The zero-order chi connectivity index (χ0) is 25.8. The molecule has 0 spiro atoms. The van der Waals surface area contributed by atoms with E-state index in [0.717, 1.165) is 5.56 Å². The van der Waals surface area contributed by atoms with Crippen LogP contribution in [-0.2, 0) is 22.0 Å². The molecule has 0 fully saturated rings. The van der Waals surface area contributed by atoms with Crippen LogP contribution in [0.1, 0.15) is 43.5 Å². The van der Waals surface area contributed by atoms with E-state index in [1.54, 1.807) is 37.3 Å². The lowest BCUT2D eigenvalue weighted by atomic mass is 9.96. The van der Waals surface area contributed by atoms with Gasteiger partial charge in [0.15, 0.2) is 9.84 Å². The fourth-order valence-electron chi connectivity index (χ4n) is 3.62. The molecular formula is C26H29Cl2N3O3S. The lowest BCUT2D eigenvalue weighted by molar-refractivity contribution is 0.249. The Labute approximate surface area is 216 Å². The molecular weight excluding hydrogens is 505 g/mol. The first kappa shape index (κ1) is 27.0. The van der Waals surface area contributed by atoms with Gasteiger partial charge in [0, 0.05) is 11.2 Å². The van der Waals surface area contributed by atoms with E-state index < -0.39 is 15.9 Å². The van der Waals surface area contributed by atoms with Crippen molar-refractivity contribution in [1.29, 1.82) is 0 Å². The SMILES string of the molecule is C[C@H](NC(=O)Nc1ccc(S(=O)(=O)Cc2ccc(CC(C)(C)N)cc2)cc1)c1cccc(Cl)c1Cl. The van der Waals surface area contributed by atoms with E-state index in [4.69, 9.17) is 28.9 Å². The van der Waals surface area contributed by atoms with Gasteiger partial charge >= 0.3 is 6.03 Å². The molecule has 0 radical (unpaired) electrons. The van der Waals surface area contributed by atoms with Crippen molar-refractivity contribution in [3.8, 4) is 0 Å². The van der Waals surface area contributed by atoms with Gasteiger partial charge in [0.2, 0.25) is 0 Å². The standard InChI is InChI=1S/C26H29Cl2N3O3S/c1-17(22-5-4-6-23(27)24(22)28)30-25(32)31-20-11-13-21(14-12-20)35(33,34)16-19-9-7-18(8-10-19)15-26(2,3)29/h4-14,17H,15-16,29H2,1-3H3,(H2,30,31,32)/t17-/m0/s1. The minimum atomic E-state index is -3.55. The van der Waals surface area contributed by atoms with Crippen LogP contribution in [0.15, 0.2) is 71.6 Å². The quantitative estimate of drug-likeness (QED) is 0.324. The number of hydrogen-bond donors (Lipinski definition) is 3. The van der Waals surface area contributed by atoms with Crippen LogP contribution in [0.3, 0.4) is 0 Å². The highest BCUT2D eigenvalue weighted by Gasteiger charge is 2.18. The van der Waals surface area contributed by atoms with Gasteiger partial charge in [0.05, 0.1) is 26.7 Å². The first-order chi connectivity index (χ1) is 16.3. The average Bonchev–Trinajstić information content (AvgIpc) is 2.76. The van der Waals surface area contributed by atoms with Crippen molar-refractivity contribution in [2.45, 2.75) is 49.4 Å². The molecule has 0 saturated carbocycles. The molecule has 0 saturated heterocycles. The summed E-state index contributed by atoms with van der Waals surface area (Å²) in [5.41, 5.74) is 8.61. The van der Waals surface area contributed by atoms with E-state index in [9.17, 15) is 13.2 Å². The number of amides is 2. The van der Waals surface area contributed by atoms with Gasteiger partial charge in [0.25, 0.3) is 0 Å². The van der Waals surface area contributed by atoms with E-state index >= 15 is 0 Å². The largest absolute Gasteiger partial charge is 0.331 e. The summed E-state index contributed by atoms with van der Waals surface area (Å²) in [7, 11) is -3.55. The molecule has 4 N–H and O–H groups in total. The first-order valence-corrected chi connectivity index (χ1v) is 13.5. The van der Waals surface area contributed by atoms with Crippen LogP contribution in [0.25, 0.3) is 0 Å². The fraction of sp³-hybridized carbons (Fsp3) is 0.269. The van der Waals surface area contributed by atoms with E-state index in [1.807, 2.05) is 38.1 Å². The maximum absolute atomic E-state index is 12.9. The van der Waals surface area contributed by atoms with E-state index in [0.29, 0.717) is 33.3 Å². The number of carbonyl (C=O) groups is 1. The molecule has 6 nitrogen and oxygen atoms in total. The monoisotopic (exact) mass is 533 g/mol. The van der Waals surface area contributed by atoms with Crippen LogP contribution in [0.4, 0.5) is 10.5 Å². The second-order valence-corrected chi connectivity index (χ2v) is 12.0. The number of hydrogen-bond acceptors (Lipinski definition) is 4. The molecule has 0 aliphatic carbocycles. The molecule has 0 aromatic heterocycles. The van der Waals surface area contributed by atoms with Gasteiger partial charge in [-0.2, -0.15) is 0 Å². The Balaban J connectivity index is 1.61. The molecule has 3 rings (SSSR count). The van der Waals surface area contributed by atoms with Gasteiger partial charge in [0.1, 0.15) is 0 Å². The van der Waals surface area contributed by atoms with E-state index in [1.165, 1.54) is 12.1 Å². The minimum absolute atomic E-state index is 0.121. The number of nitrogens with two attached hydrogens (primary N) is 1. The van der Waals surface area contributed by atoms with Crippen LogP contribution in [0, 0.1) is 0 Å². The van der Waals surface area contributed by atoms with Crippen LogP contribution < -0.4 is 16.4 Å². The predicted octanol–water partition coefficient (Wildman–Crippen LogP) is 6.13. The number of halogens is 2. The normalized spacial score (nSPS) is 12.7. The number of rotatable bonds is 8. The zero-order valence-electron chi connectivity index (χ0n) is 19.8. The highest BCUT2D eigenvalue weighted by Crippen LogP contribution is 2.29. The van der Waals surface area contributed by atoms with E-state index in [2.05, 4.69) is 10.6 Å². The third kappa shape index (κ3) is 7.70. The Kier molecular flexibility index (Phi) is 8.49. The third-order valence-corrected chi connectivity index (χ3v) is 7.84. The van der Waals surface area contributed by atoms with Crippen molar-refractivity contribution >= 4 is 44.8 Å². The first-order valence-electron chi connectivity index (χ1n) is 11.0. The summed E-state index contributed by atoms with van der Waals surface area (Å²) in [6, 6.07) is 17.9. The second kappa shape index (κ2) is 11.0. The molecule has 0 unspecified atom stereocenters. The lowest BCUT2D eigenvalue weighted by Crippen LogP contribution is -2.34. The van der Waals surface area contributed by atoms with Crippen LogP contribution >= 0.6 is 23.2 Å². The number of urea groups is 1. The Morgan fingerprint density at radius 1 is 0.971 bits per heavy atom. The Morgan fingerprint density at radius 3 is 2.17 bits per heavy atom. The highest BCUT2D eigenvalue weighted by atomic mass is 35.5. The molecule has 3 aromatic carbocycles. The summed E-state index contributed by atoms with van der Waals surface area (Å²) >= 11 is 12.3. The molecule has 0 aliphatic heterocycles. The molecule has 1 atom stereocenters. The highest BCUT2D eigenvalue weighted by molar-refractivity contribution is 7.90. The lowest BCUT2D eigenvalue weighted by Gasteiger charge is -2.18. The van der Waals surface area contributed by atoms with Gasteiger partial charge in [-0.15, -0.1) is 0 Å². The number of sulfone groups is 1. The zero-order valence-corrected chi connectivity index (χ0v) is 22.1. The summed E-state index contributed by atoms with van der Waals surface area (Å²) < 4.78 is 25.7. The summed E-state index contributed by atoms with van der Waals surface area (Å²) in [4.78, 5) is 12.6. The maximum atomic E-state index is 12.9. The topological polar surface area (TPSA) is 101 Å². The summed E-state index contributed by atoms with van der Waals surface area (Å²) in [5, 5.41) is 6.28. The van der Waals surface area contributed by atoms with Gasteiger partial charge in [-0.3, -0.25) is 0 Å². The third-order valence-electron chi connectivity index (χ3n) is 5.31. The van der Waals surface area contributed by atoms with Crippen LogP contribution in [-0.4, -0.2) is 20.0 Å². The van der Waals surface area contributed by atoms with Crippen molar-refractivity contribution < 1.29 is 13.2 Å². The fourth-order valence-corrected chi connectivity index (χ4v) is 5.44. The molecule has 0 aliphatic rings. The number of benzene rings is 3. The van der Waals surface area contributed by atoms with Gasteiger partial charge in [-0.25, -0.2) is 13.2 Å². The Hall–Kier alpha value is -2.58. The van der Waals surface area contributed by atoms with Crippen LogP contribution in [0.2, 0.25) is 10.0 Å². The second-order valence-electron chi connectivity index (χ2n) is 9.23. The minimum Gasteiger partial charge on any atom is -0.331 e. The summed E-state index contributed by atoms with van der Waals surface area (Å²) in [5.74, 6) is -0.121. The average molecular weight is 535 g/mol. The Morgan fingerprint density at radius 2 is 1.57 bits per heavy atom. The van der Waals surface area contributed by atoms with Gasteiger partial charge in [-0.1, -0.05) is 59.6 Å². The van der Waals surface area contributed by atoms with Crippen molar-refractivity contribution in [2.75, 3.05) is 5.32 Å². The smallest absolute Gasteiger partial charge is 0.319 e. The Bertz CT molecular complexity index is 1290. The maximum Gasteiger partial charge on any atom is 0.319 e. The number of nitrogens with one attached hydrogen (secondary N) is 2. The van der Waals surface area contributed by atoms with Gasteiger partial charge in [-0.05, 0) is 74.2 Å². The van der Waals surface area contributed by atoms with Crippen molar-refractivity contribution in [3.63, 3.8) is 0 Å². The molecule has 35 heavy (non-hydrogen) atoms. The number of carbonyl (C=O) groups excluding carboxylic acids is 1. The molecule has 0 bridgehead atoms. The van der Waals surface area contributed by atoms with Gasteiger partial charge < -0.3 is 16.4 Å². The molecule has 186 valence electrons. The van der Waals surface area contributed by atoms with Crippen molar-refractivity contribution in [1.82, 2.24) is 5.32 Å². The summed E-state index contributed by atoms with van der Waals surface area (Å²) in [6.45, 7) is 5.68. The molecule has 0 heterocycles. The molecule has 2 amide bonds. The van der Waals surface area contributed by atoms with Crippen molar-refractivity contribution in [3.05, 3.63) is 93.5 Å².